The van der Waals surface area contributed by atoms with Gasteiger partial charge in [0.15, 0.2) is 0 Å². The molecule has 114 valence electrons. The number of carbonyl (C=O) groups excluding carboxylic acids is 1. The fourth-order valence-electron chi connectivity index (χ4n) is 2.14. The van der Waals surface area contributed by atoms with Gasteiger partial charge in [-0.15, -0.1) is 0 Å². The highest BCUT2D eigenvalue weighted by Gasteiger charge is 2.04. The molecule has 1 N–H and O–H groups in total. The van der Waals surface area contributed by atoms with Crippen molar-refractivity contribution in [3.63, 3.8) is 0 Å². The Balaban J connectivity index is 1.90. The topological polar surface area (TPSA) is 54.4 Å². The van der Waals surface area contributed by atoms with E-state index in [1.54, 1.807) is 0 Å². The van der Waals surface area contributed by atoms with E-state index in [0.717, 1.165) is 17.8 Å². The largest absolute Gasteiger partial charge is 0.273 e. The summed E-state index contributed by atoms with van der Waals surface area (Å²) in [4.78, 5) is 16.3. The number of hydrogen-bond acceptors (Lipinski definition) is 3. The molecule has 0 unspecified atom stereocenters. The van der Waals surface area contributed by atoms with Crippen LogP contribution < -0.4 is 5.43 Å². The zero-order valence-corrected chi connectivity index (χ0v) is 13.3. The lowest BCUT2D eigenvalue weighted by Gasteiger charge is -2.05. The Morgan fingerprint density at radius 2 is 1.91 bits per heavy atom. The average molecular weight is 295 g/mol. The molecule has 0 saturated carbocycles. The SMILES string of the molecule is C/C(=N\NC(=O)CCc1ccccc1C)c1cccc(C)n1. The highest BCUT2D eigenvalue weighted by molar-refractivity contribution is 5.97. The van der Waals surface area contributed by atoms with Crippen molar-refractivity contribution in [2.75, 3.05) is 0 Å². The number of aromatic nitrogens is 1. The number of pyridine rings is 1. The summed E-state index contributed by atoms with van der Waals surface area (Å²) >= 11 is 0. The Hall–Kier alpha value is -2.49. The highest BCUT2D eigenvalue weighted by atomic mass is 16.2. The van der Waals surface area contributed by atoms with Crippen molar-refractivity contribution in [3.05, 3.63) is 65.0 Å². The predicted octanol–water partition coefficient (Wildman–Crippen LogP) is 3.17. The molecule has 1 aromatic carbocycles. The molecule has 0 spiro atoms. The molecule has 0 fully saturated rings. The van der Waals surface area contributed by atoms with Gasteiger partial charge in [0.25, 0.3) is 0 Å². The van der Waals surface area contributed by atoms with E-state index in [1.165, 1.54) is 11.1 Å². The monoisotopic (exact) mass is 295 g/mol. The van der Waals surface area contributed by atoms with Crippen molar-refractivity contribution < 1.29 is 4.79 Å². The highest BCUT2D eigenvalue weighted by Crippen LogP contribution is 2.09. The van der Waals surface area contributed by atoms with E-state index in [4.69, 9.17) is 0 Å². The first-order valence-corrected chi connectivity index (χ1v) is 7.38. The first-order valence-electron chi connectivity index (χ1n) is 7.38. The maximum Gasteiger partial charge on any atom is 0.240 e. The van der Waals surface area contributed by atoms with E-state index < -0.39 is 0 Å². The van der Waals surface area contributed by atoms with Crippen molar-refractivity contribution in [2.24, 2.45) is 5.10 Å². The van der Waals surface area contributed by atoms with E-state index in [-0.39, 0.29) is 5.91 Å². The summed E-state index contributed by atoms with van der Waals surface area (Å²) in [5.74, 6) is -0.0877. The quantitative estimate of drug-likeness (QED) is 0.680. The van der Waals surface area contributed by atoms with Crippen LogP contribution in [0.15, 0.2) is 47.6 Å². The lowest BCUT2D eigenvalue weighted by Crippen LogP contribution is -2.20. The van der Waals surface area contributed by atoms with Crippen molar-refractivity contribution in [2.45, 2.75) is 33.6 Å². The average Bonchev–Trinajstić information content (AvgIpc) is 2.52. The zero-order chi connectivity index (χ0) is 15.9. The normalized spacial score (nSPS) is 11.3. The molecule has 4 nitrogen and oxygen atoms in total. The molecule has 0 saturated heterocycles. The number of aryl methyl sites for hydroxylation is 3. The zero-order valence-electron chi connectivity index (χ0n) is 13.3. The first kappa shape index (κ1) is 15.9. The molecule has 0 bridgehead atoms. The molecule has 1 aromatic heterocycles. The lowest BCUT2D eigenvalue weighted by molar-refractivity contribution is -0.121. The van der Waals surface area contributed by atoms with E-state index >= 15 is 0 Å². The molecule has 2 aromatic rings. The summed E-state index contributed by atoms with van der Waals surface area (Å²) in [7, 11) is 0. The summed E-state index contributed by atoms with van der Waals surface area (Å²) in [5.41, 5.74) is 7.41. The second-order valence-electron chi connectivity index (χ2n) is 5.32. The van der Waals surface area contributed by atoms with E-state index in [2.05, 4.69) is 28.5 Å². The first-order chi connectivity index (χ1) is 10.6. The lowest BCUT2D eigenvalue weighted by atomic mass is 10.0. The van der Waals surface area contributed by atoms with E-state index in [1.807, 2.05) is 50.2 Å². The van der Waals surface area contributed by atoms with Crippen LogP contribution in [0.3, 0.4) is 0 Å². The van der Waals surface area contributed by atoms with Gasteiger partial charge in [0.2, 0.25) is 5.91 Å². The van der Waals surface area contributed by atoms with Crippen LogP contribution in [0.1, 0.15) is 35.9 Å². The van der Waals surface area contributed by atoms with Crippen LogP contribution in [0, 0.1) is 13.8 Å². The number of amides is 1. The van der Waals surface area contributed by atoms with E-state index in [0.29, 0.717) is 12.1 Å². The summed E-state index contributed by atoms with van der Waals surface area (Å²) in [6.45, 7) is 5.82. The third-order valence-electron chi connectivity index (χ3n) is 3.49. The van der Waals surface area contributed by atoms with Gasteiger partial charge >= 0.3 is 0 Å². The summed E-state index contributed by atoms with van der Waals surface area (Å²) in [6.07, 6.45) is 1.14. The van der Waals surface area contributed by atoms with Crippen molar-refractivity contribution >= 4 is 11.6 Å². The summed E-state index contributed by atoms with van der Waals surface area (Å²) < 4.78 is 0. The molecule has 22 heavy (non-hydrogen) atoms. The molecule has 0 radical (unpaired) electrons. The smallest absolute Gasteiger partial charge is 0.240 e. The molecule has 1 amide bonds. The Morgan fingerprint density at radius 1 is 1.14 bits per heavy atom. The Bertz CT molecular complexity index is 692. The fraction of sp³-hybridized carbons (Fsp3) is 0.278. The number of carbonyl (C=O) groups is 1. The van der Waals surface area contributed by atoms with Gasteiger partial charge in [-0.2, -0.15) is 5.10 Å². The van der Waals surface area contributed by atoms with Gasteiger partial charge in [0.1, 0.15) is 0 Å². The third-order valence-corrected chi connectivity index (χ3v) is 3.49. The molecule has 0 aliphatic heterocycles. The van der Waals surface area contributed by atoms with Gasteiger partial charge in [-0.3, -0.25) is 9.78 Å². The predicted molar refractivity (Wildman–Crippen MR) is 88.8 cm³/mol. The minimum atomic E-state index is -0.0877. The van der Waals surface area contributed by atoms with Crippen LogP contribution in [-0.2, 0) is 11.2 Å². The standard InChI is InChI=1S/C18H21N3O/c1-13-7-4-5-9-16(13)11-12-18(22)21-20-15(3)17-10-6-8-14(2)19-17/h4-10H,11-12H2,1-3H3,(H,21,22)/b20-15+. The molecule has 0 aliphatic carbocycles. The second kappa shape index (κ2) is 7.50. The van der Waals surface area contributed by atoms with Gasteiger partial charge in [0, 0.05) is 12.1 Å². The number of hydrogen-bond donors (Lipinski definition) is 1. The van der Waals surface area contributed by atoms with Gasteiger partial charge in [-0.25, -0.2) is 5.43 Å². The van der Waals surface area contributed by atoms with Gasteiger partial charge < -0.3 is 0 Å². The third kappa shape index (κ3) is 4.52. The Labute approximate surface area is 131 Å². The molecule has 4 heteroatoms. The van der Waals surface area contributed by atoms with Crippen molar-refractivity contribution in [3.8, 4) is 0 Å². The summed E-state index contributed by atoms with van der Waals surface area (Å²) in [5, 5.41) is 4.12. The number of hydrazone groups is 1. The minimum Gasteiger partial charge on any atom is -0.273 e. The molecular weight excluding hydrogens is 274 g/mol. The van der Waals surface area contributed by atoms with Crippen LogP contribution in [0.25, 0.3) is 0 Å². The molecule has 2 rings (SSSR count). The summed E-state index contributed by atoms with van der Waals surface area (Å²) in [6, 6.07) is 13.8. The minimum absolute atomic E-state index is 0.0877. The van der Waals surface area contributed by atoms with Crippen LogP contribution in [0.2, 0.25) is 0 Å². The van der Waals surface area contributed by atoms with E-state index in [9.17, 15) is 4.79 Å². The van der Waals surface area contributed by atoms with Crippen molar-refractivity contribution in [1.29, 1.82) is 0 Å². The van der Waals surface area contributed by atoms with Gasteiger partial charge in [-0.05, 0) is 50.5 Å². The van der Waals surface area contributed by atoms with Crippen LogP contribution in [0.5, 0.6) is 0 Å². The number of benzene rings is 1. The number of nitrogens with one attached hydrogen (secondary N) is 1. The maximum atomic E-state index is 11.9. The van der Waals surface area contributed by atoms with Crippen LogP contribution >= 0.6 is 0 Å². The molecule has 1 heterocycles. The van der Waals surface area contributed by atoms with Crippen LogP contribution in [-0.4, -0.2) is 16.6 Å². The number of rotatable bonds is 5. The molecule has 0 aliphatic rings. The Morgan fingerprint density at radius 3 is 2.64 bits per heavy atom. The molecular formula is C18H21N3O. The van der Waals surface area contributed by atoms with Gasteiger partial charge in [-0.1, -0.05) is 30.3 Å². The van der Waals surface area contributed by atoms with Crippen molar-refractivity contribution in [1.82, 2.24) is 10.4 Å². The maximum absolute atomic E-state index is 11.9. The van der Waals surface area contributed by atoms with Crippen LogP contribution in [0.4, 0.5) is 0 Å². The Kier molecular flexibility index (Phi) is 5.42. The fourth-order valence-corrected chi connectivity index (χ4v) is 2.14. The number of nitrogens with zero attached hydrogens (tertiary/aromatic N) is 2. The molecule has 0 atom stereocenters. The van der Waals surface area contributed by atoms with Gasteiger partial charge in [0.05, 0.1) is 11.4 Å². The second-order valence-corrected chi connectivity index (χ2v) is 5.32.